The van der Waals surface area contributed by atoms with E-state index < -0.39 is 6.04 Å². The molecule has 2 heterocycles. The van der Waals surface area contributed by atoms with E-state index in [9.17, 15) is 9.59 Å². The minimum atomic E-state index is -0.602. The van der Waals surface area contributed by atoms with Crippen molar-refractivity contribution in [2.75, 3.05) is 19.0 Å². The third kappa shape index (κ3) is 4.81. The third-order valence-corrected chi connectivity index (χ3v) is 6.22. The van der Waals surface area contributed by atoms with Gasteiger partial charge >= 0.3 is 0 Å². The lowest BCUT2D eigenvalue weighted by Gasteiger charge is -2.23. The number of halogens is 2. The van der Waals surface area contributed by atoms with Crippen molar-refractivity contribution < 1.29 is 14.3 Å². The number of hydrogen-bond donors (Lipinski definition) is 1. The number of anilines is 1. The van der Waals surface area contributed by atoms with Gasteiger partial charge in [-0.2, -0.15) is 0 Å². The largest absolute Gasteiger partial charge is 0.497 e. The van der Waals surface area contributed by atoms with Gasteiger partial charge in [-0.15, -0.1) is 10.2 Å². The molecule has 0 radical (unpaired) electrons. The Kier molecular flexibility index (Phi) is 6.41. The fourth-order valence-electron chi connectivity index (χ4n) is 3.46. The Bertz CT molecular complexity index is 1120. The summed E-state index contributed by atoms with van der Waals surface area (Å²) in [6.45, 7) is 0.478. The summed E-state index contributed by atoms with van der Waals surface area (Å²) in [4.78, 5) is 27.4. The average Bonchev–Trinajstić information content (AvgIpc) is 3.42. The Labute approximate surface area is 192 Å². The lowest BCUT2D eigenvalue weighted by molar-refractivity contribution is -0.119. The van der Waals surface area contributed by atoms with E-state index in [0.29, 0.717) is 44.5 Å². The van der Waals surface area contributed by atoms with Crippen LogP contribution in [-0.4, -0.2) is 46.6 Å². The monoisotopic (exact) mass is 476 g/mol. The van der Waals surface area contributed by atoms with Gasteiger partial charge in [-0.3, -0.25) is 14.9 Å². The summed E-state index contributed by atoms with van der Waals surface area (Å²) in [5, 5.41) is 12.8. The molecule has 10 heteroatoms. The van der Waals surface area contributed by atoms with Crippen LogP contribution in [0.1, 0.15) is 23.2 Å². The highest BCUT2D eigenvalue weighted by atomic mass is 35.5. The van der Waals surface area contributed by atoms with Crippen molar-refractivity contribution in [1.82, 2.24) is 15.1 Å². The Morgan fingerprint density at radius 3 is 2.68 bits per heavy atom. The van der Waals surface area contributed by atoms with Gasteiger partial charge in [0, 0.05) is 27.7 Å². The molecule has 0 aliphatic carbocycles. The lowest BCUT2D eigenvalue weighted by atomic mass is 10.1. The number of amides is 2. The summed E-state index contributed by atoms with van der Waals surface area (Å²) in [5.41, 5.74) is 1.20. The summed E-state index contributed by atoms with van der Waals surface area (Å²) >= 11 is 13.3. The van der Waals surface area contributed by atoms with Crippen LogP contribution >= 0.6 is 34.5 Å². The van der Waals surface area contributed by atoms with Crippen molar-refractivity contribution in [1.29, 1.82) is 0 Å². The fraction of sp³-hybridized carbons (Fsp3) is 0.238. The van der Waals surface area contributed by atoms with Crippen LogP contribution in [-0.2, 0) is 4.79 Å². The van der Waals surface area contributed by atoms with Crippen LogP contribution in [0.25, 0.3) is 10.6 Å². The van der Waals surface area contributed by atoms with Crippen LogP contribution < -0.4 is 10.1 Å². The smallest absolute Gasteiger partial charge is 0.254 e. The Hall–Kier alpha value is -2.68. The summed E-state index contributed by atoms with van der Waals surface area (Å²) in [5.74, 6) is 0.128. The zero-order valence-corrected chi connectivity index (χ0v) is 18.8. The molecule has 1 saturated heterocycles. The third-order valence-electron chi connectivity index (χ3n) is 4.90. The predicted molar refractivity (Wildman–Crippen MR) is 121 cm³/mol. The molecule has 1 aliphatic rings. The van der Waals surface area contributed by atoms with Crippen molar-refractivity contribution >= 4 is 51.5 Å². The molecule has 3 aromatic rings. The molecule has 7 nitrogen and oxygen atoms in total. The first kappa shape index (κ1) is 21.5. The maximum Gasteiger partial charge on any atom is 0.254 e. The highest BCUT2D eigenvalue weighted by molar-refractivity contribution is 7.18. The van der Waals surface area contributed by atoms with Gasteiger partial charge in [0.1, 0.15) is 16.8 Å². The number of nitrogens with zero attached hydrogens (tertiary/aromatic N) is 3. The molecule has 1 N–H and O–H groups in total. The van der Waals surface area contributed by atoms with Crippen molar-refractivity contribution in [3.63, 3.8) is 0 Å². The Morgan fingerprint density at radius 1 is 1.16 bits per heavy atom. The second kappa shape index (κ2) is 9.21. The van der Waals surface area contributed by atoms with E-state index in [0.717, 1.165) is 12.0 Å². The maximum absolute atomic E-state index is 13.0. The lowest BCUT2D eigenvalue weighted by Crippen LogP contribution is -2.43. The van der Waals surface area contributed by atoms with E-state index in [-0.39, 0.29) is 11.8 Å². The molecule has 4 rings (SSSR count). The van der Waals surface area contributed by atoms with E-state index in [1.807, 2.05) is 24.3 Å². The van der Waals surface area contributed by atoms with Gasteiger partial charge in [-0.1, -0.05) is 46.7 Å². The number of methoxy groups -OCH3 is 1. The molecule has 1 fully saturated rings. The molecule has 2 amide bonds. The number of benzene rings is 2. The van der Waals surface area contributed by atoms with Gasteiger partial charge in [-0.25, -0.2) is 0 Å². The van der Waals surface area contributed by atoms with Gasteiger partial charge in [-0.05, 0) is 43.2 Å². The topological polar surface area (TPSA) is 84.4 Å². The molecular weight excluding hydrogens is 459 g/mol. The van der Waals surface area contributed by atoms with Crippen molar-refractivity contribution in [2.24, 2.45) is 0 Å². The molecule has 0 saturated carbocycles. The second-order valence-corrected chi connectivity index (χ2v) is 8.80. The van der Waals surface area contributed by atoms with Gasteiger partial charge in [0.25, 0.3) is 5.91 Å². The zero-order chi connectivity index (χ0) is 22.0. The number of carbonyl (C=O) groups is 2. The van der Waals surface area contributed by atoms with E-state index in [4.69, 9.17) is 27.9 Å². The molecule has 0 bridgehead atoms. The normalized spacial score (nSPS) is 15.7. The van der Waals surface area contributed by atoms with Gasteiger partial charge in [0.05, 0.1) is 7.11 Å². The summed E-state index contributed by atoms with van der Waals surface area (Å²) in [6, 6.07) is 11.5. The Morgan fingerprint density at radius 2 is 1.94 bits per heavy atom. The standard InChI is InChI=1S/C21H18Cl2N4O3S/c1-30-16-5-2-4-12(10-16)19-25-26-21(31-19)24-18(28)17-6-3-7-27(17)20(29)13-8-14(22)11-15(23)9-13/h2,4-5,8-11,17H,3,6-7H2,1H3,(H,24,26,28). The Balaban J connectivity index is 1.48. The number of rotatable bonds is 5. The highest BCUT2D eigenvalue weighted by Gasteiger charge is 2.35. The second-order valence-electron chi connectivity index (χ2n) is 6.95. The number of ether oxygens (including phenoxy) is 1. The maximum atomic E-state index is 13.0. The molecule has 1 aromatic heterocycles. The summed E-state index contributed by atoms with van der Waals surface area (Å²) in [6.07, 6.45) is 1.29. The summed E-state index contributed by atoms with van der Waals surface area (Å²) in [7, 11) is 1.59. The van der Waals surface area contributed by atoms with Crippen LogP contribution in [0.5, 0.6) is 5.75 Å². The van der Waals surface area contributed by atoms with Crippen molar-refractivity contribution in [3.05, 3.63) is 58.1 Å². The van der Waals surface area contributed by atoms with Gasteiger partial charge in [0.2, 0.25) is 11.0 Å². The number of aromatic nitrogens is 2. The fourth-order valence-corrected chi connectivity index (χ4v) is 4.73. The first-order chi connectivity index (χ1) is 14.9. The van der Waals surface area contributed by atoms with Crippen LogP contribution in [0, 0.1) is 0 Å². The predicted octanol–water partition coefficient (Wildman–Crippen LogP) is 4.76. The number of likely N-dealkylation sites (tertiary alicyclic amines) is 1. The molecule has 1 unspecified atom stereocenters. The zero-order valence-electron chi connectivity index (χ0n) is 16.5. The van der Waals surface area contributed by atoms with Crippen molar-refractivity contribution in [2.45, 2.75) is 18.9 Å². The molecule has 1 aliphatic heterocycles. The van der Waals surface area contributed by atoms with Gasteiger partial charge < -0.3 is 9.64 Å². The number of hydrogen-bond acceptors (Lipinski definition) is 6. The molecule has 0 spiro atoms. The number of carbonyl (C=O) groups excluding carboxylic acids is 2. The first-order valence-electron chi connectivity index (χ1n) is 9.50. The minimum absolute atomic E-state index is 0.281. The molecular formula is C21H18Cl2N4O3S. The molecule has 160 valence electrons. The molecule has 31 heavy (non-hydrogen) atoms. The SMILES string of the molecule is COc1cccc(-c2nnc(NC(=O)C3CCCN3C(=O)c3cc(Cl)cc(Cl)c3)s2)c1. The van der Waals surface area contributed by atoms with Crippen molar-refractivity contribution in [3.8, 4) is 16.3 Å². The number of nitrogens with one attached hydrogen (secondary N) is 1. The van der Waals surface area contributed by atoms with E-state index >= 15 is 0 Å². The highest BCUT2D eigenvalue weighted by Crippen LogP contribution is 2.30. The summed E-state index contributed by atoms with van der Waals surface area (Å²) < 4.78 is 5.23. The average molecular weight is 477 g/mol. The van der Waals surface area contributed by atoms with Crippen LogP contribution in [0.2, 0.25) is 10.0 Å². The quantitative estimate of drug-likeness (QED) is 0.573. The molecule has 2 aromatic carbocycles. The molecule has 1 atom stereocenters. The van der Waals surface area contributed by atoms with Crippen LogP contribution in [0.4, 0.5) is 5.13 Å². The van der Waals surface area contributed by atoms with Gasteiger partial charge in [0.15, 0.2) is 0 Å². The minimum Gasteiger partial charge on any atom is -0.497 e. The van der Waals surface area contributed by atoms with Crippen LogP contribution in [0.3, 0.4) is 0 Å². The first-order valence-corrected chi connectivity index (χ1v) is 11.1. The van der Waals surface area contributed by atoms with E-state index in [2.05, 4.69) is 15.5 Å². The van der Waals surface area contributed by atoms with E-state index in [1.54, 1.807) is 30.2 Å². The van der Waals surface area contributed by atoms with Crippen LogP contribution in [0.15, 0.2) is 42.5 Å². The van der Waals surface area contributed by atoms with E-state index in [1.165, 1.54) is 11.3 Å².